The summed E-state index contributed by atoms with van der Waals surface area (Å²) >= 11 is 7.56. The molecule has 0 saturated heterocycles. The fourth-order valence-electron chi connectivity index (χ4n) is 1.51. The van der Waals surface area contributed by atoms with Crippen LogP contribution >= 0.6 is 22.9 Å². The SMILES string of the molecule is CC(C)CC(C)NCc1cc(Cl)cs1. The van der Waals surface area contributed by atoms with E-state index < -0.39 is 0 Å². The number of rotatable bonds is 5. The van der Waals surface area contributed by atoms with Crippen LogP contribution < -0.4 is 5.32 Å². The van der Waals surface area contributed by atoms with Gasteiger partial charge in [-0.15, -0.1) is 11.3 Å². The predicted octanol–water partition coefficient (Wildman–Crippen LogP) is 3.93. The highest BCUT2D eigenvalue weighted by Crippen LogP contribution is 2.19. The second-order valence-electron chi connectivity index (χ2n) is 4.14. The van der Waals surface area contributed by atoms with Gasteiger partial charge in [0.05, 0.1) is 5.02 Å². The van der Waals surface area contributed by atoms with E-state index in [2.05, 4.69) is 26.1 Å². The molecule has 0 saturated carbocycles. The van der Waals surface area contributed by atoms with Gasteiger partial charge in [-0.2, -0.15) is 0 Å². The highest BCUT2D eigenvalue weighted by Gasteiger charge is 2.05. The zero-order valence-electron chi connectivity index (χ0n) is 9.01. The first-order valence-corrected chi connectivity index (χ1v) is 6.30. The van der Waals surface area contributed by atoms with Gasteiger partial charge in [0.15, 0.2) is 0 Å². The smallest absolute Gasteiger partial charge is 0.0516 e. The maximum Gasteiger partial charge on any atom is 0.0516 e. The van der Waals surface area contributed by atoms with Gasteiger partial charge in [-0.3, -0.25) is 0 Å². The third-order valence-corrected chi connectivity index (χ3v) is 3.36. The van der Waals surface area contributed by atoms with E-state index in [1.54, 1.807) is 11.3 Å². The van der Waals surface area contributed by atoms with Crippen molar-refractivity contribution in [1.82, 2.24) is 5.32 Å². The van der Waals surface area contributed by atoms with Crippen molar-refractivity contribution in [3.05, 3.63) is 21.3 Å². The maximum atomic E-state index is 5.84. The summed E-state index contributed by atoms with van der Waals surface area (Å²) in [5.41, 5.74) is 0. The van der Waals surface area contributed by atoms with Crippen molar-refractivity contribution in [1.29, 1.82) is 0 Å². The molecule has 1 heterocycles. The summed E-state index contributed by atoms with van der Waals surface area (Å²) in [6.07, 6.45) is 1.22. The third kappa shape index (κ3) is 4.45. The normalized spacial score (nSPS) is 13.5. The van der Waals surface area contributed by atoms with Gasteiger partial charge in [0, 0.05) is 22.8 Å². The Hall–Kier alpha value is -0.0500. The van der Waals surface area contributed by atoms with Crippen molar-refractivity contribution >= 4 is 22.9 Å². The first-order valence-electron chi connectivity index (χ1n) is 5.04. The lowest BCUT2D eigenvalue weighted by Gasteiger charge is -2.14. The molecular weight excluding hydrogens is 214 g/mol. The van der Waals surface area contributed by atoms with Crippen LogP contribution in [0.15, 0.2) is 11.4 Å². The van der Waals surface area contributed by atoms with Gasteiger partial charge in [-0.1, -0.05) is 25.4 Å². The van der Waals surface area contributed by atoms with Crippen molar-refractivity contribution in [3.63, 3.8) is 0 Å². The molecule has 1 rings (SSSR count). The second kappa shape index (κ2) is 5.74. The summed E-state index contributed by atoms with van der Waals surface area (Å²) < 4.78 is 0. The molecule has 0 aromatic carbocycles. The molecule has 0 fully saturated rings. The van der Waals surface area contributed by atoms with Gasteiger partial charge in [0.2, 0.25) is 0 Å². The monoisotopic (exact) mass is 231 g/mol. The molecule has 1 atom stereocenters. The van der Waals surface area contributed by atoms with Crippen LogP contribution in [0, 0.1) is 5.92 Å². The highest BCUT2D eigenvalue weighted by atomic mass is 35.5. The van der Waals surface area contributed by atoms with Crippen LogP contribution in [0.5, 0.6) is 0 Å². The van der Waals surface area contributed by atoms with Crippen molar-refractivity contribution in [2.45, 2.75) is 39.8 Å². The average Bonchev–Trinajstić information content (AvgIpc) is 2.47. The molecule has 1 nitrogen and oxygen atoms in total. The Balaban J connectivity index is 2.26. The van der Waals surface area contributed by atoms with Crippen molar-refractivity contribution < 1.29 is 0 Å². The van der Waals surface area contributed by atoms with E-state index in [9.17, 15) is 0 Å². The molecule has 0 aliphatic rings. The number of halogens is 1. The van der Waals surface area contributed by atoms with E-state index in [1.165, 1.54) is 11.3 Å². The van der Waals surface area contributed by atoms with Crippen molar-refractivity contribution in [2.75, 3.05) is 0 Å². The number of thiophene rings is 1. The highest BCUT2D eigenvalue weighted by molar-refractivity contribution is 7.10. The topological polar surface area (TPSA) is 12.0 Å². The summed E-state index contributed by atoms with van der Waals surface area (Å²) in [6, 6.07) is 2.61. The van der Waals surface area contributed by atoms with Crippen LogP contribution in [0.1, 0.15) is 32.1 Å². The molecule has 0 amide bonds. The van der Waals surface area contributed by atoms with E-state index in [0.29, 0.717) is 6.04 Å². The minimum absolute atomic E-state index is 0.580. The average molecular weight is 232 g/mol. The third-order valence-electron chi connectivity index (χ3n) is 2.07. The first-order chi connectivity index (χ1) is 6.58. The molecule has 1 N–H and O–H groups in total. The molecule has 14 heavy (non-hydrogen) atoms. The lowest BCUT2D eigenvalue weighted by molar-refractivity contribution is 0.443. The van der Waals surface area contributed by atoms with Crippen molar-refractivity contribution in [2.24, 2.45) is 5.92 Å². The number of hydrogen-bond donors (Lipinski definition) is 1. The molecule has 1 unspecified atom stereocenters. The molecule has 0 spiro atoms. The minimum atomic E-state index is 0.580. The van der Waals surface area contributed by atoms with E-state index in [0.717, 1.165) is 17.5 Å². The largest absolute Gasteiger partial charge is 0.309 e. The Labute approximate surface area is 95.5 Å². The zero-order valence-corrected chi connectivity index (χ0v) is 10.6. The van der Waals surface area contributed by atoms with Gasteiger partial charge >= 0.3 is 0 Å². The summed E-state index contributed by atoms with van der Waals surface area (Å²) in [5.74, 6) is 0.754. The van der Waals surface area contributed by atoms with Crippen molar-refractivity contribution in [3.8, 4) is 0 Å². The fourth-order valence-corrected chi connectivity index (χ4v) is 2.54. The van der Waals surface area contributed by atoms with Crippen LogP contribution in [-0.2, 0) is 6.54 Å². The Morgan fingerprint density at radius 3 is 2.64 bits per heavy atom. The van der Waals surface area contributed by atoms with Crippen LogP contribution in [0.4, 0.5) is 0 Å². The Bertz CT molecular complexity index is 270. The molecule has 0 bridgehead atoms. The molecule has 0 aliphatic carbocycles. The Kier molecular flexibility index (Phi) is 4.93. The standard InChI is InChI=1S/C11H18ClNS/c1-8(2)4-9(3)13-6-11-5-10(12)7-14-11/h5,7-9,13H,4,6H2,1-3H3. The van der Waals surface area contributed by atoms with E-state index in [4.69, 9.17) is 11.6 Å². The summed E-state index contributed by atoms with van der Waals surface area (Å²) in [6.45, 7) is 7.67. The number of nitrogens with one attached hydrogen (secondary N) is 1. The minimum Gasteiger partial charge on any atom is -0.309 e. The molecule has 1 aromatic heterocycles. The Morgan fingerprint density at radius 2 is 2.14 bits per heavy atom. The first kappa shape index (κ1) is 12.0. The van der Waals surface area contributed by atoms with Gasteiger partial charge in [-0.05, 0) is 25.3 Å². The predicted molar refractivity (Wildman–Crippen MR) is 65.1 cm³/mol. The van der Waals surface area contributed by atoms with Crippen LogP contribution in [0.2, 0.25) is 5.02 Å². The van der Waals surface area contributed by atoms with Crippen LogP contribution in [0.25, 0.3) is 0 Å². The molecule has 1 aromatic rings. The molecule has 3 heteroatoms. The number of hydrogen-bond acceptors (Lipinski definition) is 2. The quantitative estimate of drug-likeness (QED) is 0.810. The molecule has 0 radical (unpaired) electrons. The van der Waals surface area contributed by atoms with E-state index in [-0.39, 0.29) is 0 Å². The van der Waals surface area contributed by atoms with Gasteiger partial charge in [0.1, 0.15) is 0 Å². The van der Waals surface area contributed by atoms with E-state index >= 15 is 0 Å². The van der Waals surface area contributed by atoms with Crippen LogP contribution in [0.3, 0.4) is 0 Å². The zero-order chi connectivity index (χ0) is 10.6. The summed E-state index contributed by atoms with van der Waals surface area (Å²) in [7, 11) is 0. The Morgan fingerprint density at radius 1 is 1.43 bits per heavy atom. The second-order valence-corrected chi connectivity index (χ2v) is 5.57. The van der Waals surface area contributed by atoms with Crippen LogP contribution in [-0.4, -0.2) is 6.04 Å². The van der Waals surface area contributed by atoms with E-state index in [1.807, 2.05) is 11.4 Å². The van der Waals surface area contributed by atoms with Gasteiger partial charge in [-0.25, -0.2) is 0 Å². The van der Waals surface area contributed by atoms with Gasteiger partial charge in [0.25, 0.3) is 0 Å². The lowest BCUT2D eigenvalue weighted by atomic mass is 10.1. The molecule has 0 aliphatic heterocycles. The summed E-state index contributed by atoms with van der Waals surface area (Å²) in [5, 5.41) is 6.32. The summed E-state index contributed by atoms with van der Waals surface area (Å²) in [4.78, 5) is 1.31. The molecule has 80 valence electrons. The lowest BCUT2D eigenvalue weighted by Crippen LogP contribution is -2.26. The fraction of sp³-hybridized carbons (Fsp3) is 0.636. The molecular formula is C11H18ClNS. The maximum absolute atomic E-state index is 5.84. The van der Waals surface area contributed by atoms with Gasteiger partial charge < -0.3 is 5.32 Å².